The second-order valence-corrected chi connectivity index (χ2v) is 7.46. The Bertz CT molecular complexity index is 739. The second kappa shape index (κ2) is 7.70. The van der Waals surface area contributed by atoms with Gasteiger partial charge in [-0.25, -0.2) is 9.37 Å². The molecule has 2 saturated heterocycles. The van der Waals surface area contributed by atoms with Crippen LogP contribution < -0.4 is 4.90 Å². The van der Waals surface area contributed by atoms with Crippen molar-refractivity contribution in [1.82, 2.24) is 24.6 Å². The van der Waals surface area contributed by atoms with Crippen LogP contribution in [0.5, 0.6) is 0 Å². The number of aromatic nitrogens is 4. The van der Waals surface area contributed by atoms with Crippen molar-refractivity contribution in [1.29, 1.82) is 0 Å². The Balaban J connectivity index is 1.48. The molecule has 0 N–H and O–H groups in total. The molecule has 0 aromatic carbocycles. The number of hydrogen-bond acceptors (Lipinski definition) is 5. The van der Waals surface area contributed by atoms with Crippen LogP contribution in [0.3, 0.4) is 0 Å². The highest BCUT2D eigenvalue weighted by Gasteiger charge is 2.28. The first-order valence-electron chi connectivity index (χ1n) is 9.68. The topological polar surface area (TPSA) is 50.1 Å². The minimum atomic E-state index is -0.253. The molecule has 0 amide bonds. The monoisotopic (exact) mass is 358 g/mol. The van der Waals surface area contributed by atoms with E-state index in [9.17, 15) is 4.39 Å². The molecular formula is C19H27FN6. The van der Waals surface area contributed by atoms with Crippen LogP contribution in [0.25, 0.3) is 0 Å². The summed E-state index contributed by atoms with van der Waals surface area (Å²) in [6.45, 7) is 4.75. The lowest BCUT2D eigenvalue weighted by atomic mass is 9.97. The third-order valence-electron chi connectivity index (χ3n) is 5.64. The van der Waals surface area contributed by atoms with E-state index in [0.717, 1.165) is 57.2 Å². The Kier molecular flexibility index (Phi) is 5.15. The molecule has 1 atom stereocenters. The molecule has 0 saturated carbocycles. The van der Waals surface area contributed by atoms with Crippen LogP contribution in [0.4, 0.5) is 10.2 Å². The molecule has 4 rings (SSSR count). The molecule has 0 bridgehead atoms. The number of likely N-dealkylation sites (tertiary alicyclic amines) is 1. The Morgan fingerprint density at radius 2 is 1.96 bits per heavy atom. The fraction of sp³-hybridized carbons (Fsp3) is 0.632. The number of halogens is 1. The standard InChI is InChI=1S/C19H27FN6/c1-24-17(14-25-10-3-2-4-11-25)22-23-18(24)15-7-6-12-26(13-15)19-16(20)8-5-9-21-19/h5,8-9,15H,2-4,6-7,10-14H2,1H3/t15-/m1/s1. The van der Waals surface area contributed by atoms with Gasteiger partial charge in [0, 0.05) is 32.3 Å². The number of nitrogens with zero attached hydrogens (tertiary/aromatic N) is 6. The summed E-state index contributed by atoms with van der Waals surface area (Å²) in [5.41, 5.74) is 0. The zero-order chi connectivity index (χ0) is 17.9. The van der Waals surface area contributed by atoms with Gasteiger partial charge in [0.05, 0.1) is 6.54 Å². The van der Waals surface area contributed by atoms with Crippen molar-refractivity contribution in [3.05, 3.63) is 35.8 Å². The third kappa shape index (κ3) is 3.58. The molecule has 6 nitrogen and oxygen atoms in total. The molecule has 2 aromatic rings. The Morgan fingerprint density at radius 3 is 2.77 bits per heavy atom. The van der Waals surface area contributed by atoms with Crippen molar-refractivity contribution in [2.45, 2.75) is 44.6 Å². The van der Waals surface area contributed by atoms with Crippen LogP contribution >= 0.6 is 0 Å². The molecule has 2 aliphatic rings. The summed E-state index contributed by atoms with van der Waals surface area (Å²) >= 11 is 0. The highest BCUT2D eigenvalue weighted by Crippen LogP contribution is 2.29. The third-order valence-corrected chi connectivity index (χ3v) is 5.64. The normalized spacial score (nSPS) is 21.9. The molecule has 2 aliphatic heterocycles. The second-order valence-electron chi connectivity index (χ2n) is 7.46. The first kappa shape index (κ1) is 17.4. The fourth-order valence-electron chi connectivity index (χ4n) is 4.18. The summed E-state index contributed by atoms with van der Waals surface area (Å²) in [5.74, 6) is 2.50. The molecule has 140 valence electrons. The van der Waals surface area contributed by atoms with Crippen LogP contribution in [0.2, 0.25) is 0 Å². The van der Waals surface area contributed by atoms with Crippen molar-refractivity contribution in [3.63, 3.8) is 0 Å². The van der Waals surface area contributed by atoms with Gasteiger partial charge in [-0.2, -0.15) is 0 Å². The summed E-state index contributed by atoms with van der Waals surface area (Å²) in [7, 11) is 2.06. The highest BCUT2D eigenvalue weighted by atomic mass is 19.1. The van der Waals surface area contributed by atoms with Gasteiger partial charge >= 0.3 is 0 Å². The van der Waals surface area contributed by atoms with Gasteiger partial charge in [-0.1, -0.05) is 6.42 Å². The van der Waals surface area contributed by atoms with E-state index in [1.807, 2.05) is 4.90 Å². The minimum Gasteiger partial charge on any atom is -0.353 e. The maximum absolute atomic E-state index is 14.1. The molecule has 4 heterocycles. The largest absolute Gasteiger partial charge is 0.353 e. The molecular weight excluding hydrogens is 331 g/mol. The van der Waals surface area contributed by atoms with Crippen LogP contribution in [0, 0.1) is 5.82 Å². The Hall–Kier alpha value is -2.02. The molecule has 26 heavy (non-hydrogen) atoms. The van der Waals surface area contributed by atoms with Gasteiger partial charge in [-0.05, 0) is 50.9 Å². The average molecular weight is 358 g/mol. The van der Waals surface area contributed by atoms with E-state index in [-0.39, 0.29) is 11.7 Å². The molecule has 2 aromatic heterocycles. The molecule has 7 heteroatoms. The van der Waals surface area contributed by atoms with E-state index in [2.05, 4.69) is 31.7 Å². The molecule has 2 fully saturated rings. The number of anilines is 1. The van der Waals surface area contributed by atoms with Crippen LogP contribution in [0.1, 0.15) is 49.7 Å². The predicted molar refractivity (Wildman–Crippen MR) is 98.5 cm³/mol. The number of pyridine rings is 1. The summed E-state index contributed by atoms with van der Waals surface area (Å²) in [6, 6.07) is 3.11. The van der Waals surface area contributed by atoms with Crippen LogP contribution in [0.15, 0.2) is 18.3 Å². The highest BCUT2D eigenvalue weighted by molar-refractivity contribution is 5.40. The summed E-state index contributed by atoms with van der Waals surface area (Å²) < 4.78 is 16.3. The number of hydrogen-bond donors (Lipinski definition) is 0. The summed E-state index contributed by atoms with van der Waals surface area (Å²) in [6.07, 6.45) is 7.61. The van der Waals surface area contributed by atoms with Crippen molar-refractivity contribution in [3.8, 4) is 0 Å². The minimum absolute atomic E-state index is 0.253. The lowest BCUT2D eigenvalue weighted by Crippen LogP contribution is -2.36. The van der Waals surface area contributed by atoms with E-state index in [4.69, 9.17) is 0 Å². The number of rotatable bonds is 4. The molecule has 0 unspecified atom stereocenters. The van der Waals surface area contributed by atoms with Gasteiger partial charge in [-0.15, -0.1) is 10.2 Å². The smallest absolute Gasteiger partial charge is 0.165 e. The van der Waals surface area contributed by atoms with Crippen molar-refractivity contribution in [2.75, 3.05) is 31.1 Å². The van der Waals surface area contributed by atoms with Gasteiger partial charge < -0.3 is 9.47 Å². The fourth-order valence-corrected chi connectivity index (χ4v) is 4.18. The van der Waals surface area contributed by atoms with Gasteiger partial charge in [-0.3, -0.25) is 4.90 Å². The molecule has 0 radical (unpaired) electrons. The van der Waals surface area contributed by atoms with Crippen molar-refractivity contribution >= 4 is 5.82 Å². The maximum atomic E-state index is 14.1. The Morgan fingerprint density at radius 1 is 1.12 bits per heavy atom. The van der Waals surface area contributed by atoms with Gasteiger partial charge in [0.1, 0.15) is 11.6 Å². The van der Waals surface area contributed by atoms with Crippen LogP contribution in [-0.4, -0.2) is 50.8 Å². The first-order valence-corrected chi connectivity index (χ1v) is 9.68. The SMILES string of the molecule is Cn1c(CN2CCCCC2)nnc1[C@@H]1CCCN(c2ncccc2F)C1. The van der Waals surface area contributed by atoms with Crippen LogP contribution in [-0.2, 0) is 13.6 Å². The zero-order valence-electron chi connectivity index (χ0n) is 15.4. The van der Waals surface area contributed by atoms with Gasteiger partial charge in [0.25, 0.3) is 0 Å². The zero-order valence-corrected chi connectivity index (χ0v) is 15.4. The van der Waals surface area contributed by atoms with E-state index >= 15 is 0 Å². The lowest BCUT2D eigenvalue weighted by molar-refractivity contribution is 0.213. The van der Waals surface area contributed by atoms with E-state index < -0.39 is 0 Å². The lowest BCUT2D eigenvalue weighted by Gasteiger charge is -2.33. The predicted octanol–water partition coefficient (Wildman–Crippen LogP) is 2.72. The summed E-state index contributed by atoms with van der Waals surface area (Å²) in [5, 5.41) is 8.96. The molecule has 0 aliphatic carbocycles. The van der Waals surface area contributed by atoms with Crippen molar-refractivity contribution < 1.29 is 4.39 Å². The van der Waals surface area contributed by atoms with Gasteiger partial charge in [0.2, 0.25) is 0 Å². The number of piperidine rings is 2. The summed E-state index contributed by atoms with van der Waals surface area (Å²) in [4.78, 5) is 8.75. The van der Waals surface area contributed by atoms with E-state index in [1.165, 1.54) is 25.3 Å². The van der Waals surface area contributed by atoms with Crippen molar-refractivity contribution in [2.24, 2.45) is 7.05 Å². The first-order chi connectivity index (χ1) is 12.7. The quantitative estimate of drug-likeness (QED) is 0.841. The average Bonchev–Trinajstić information content (AvgIpc) is 3.03. The van der Waals surface area contributed by atoms with Gasteiger partial charge in [0.15, 0.2) is 11.6 Å². The Labute approximate surface area is 154 Å². The van der Waals surface area contributed by atoms with E-state index in [0.29, 0.717) is 5.82 Å². The maximum Gasteiger partial charge on any atom is 0.165 e. The van der Waals surface area contributed by atoms with E-state index in [1.54, 1.807) is 12.3 Å². The molecule has 0 spiro atoms.